The van der Waals surface area contributed by atoms with Crippen LogP contribution >= 0.6 is 11.3 Å². The number of nitrogens with zero attached hydrogens (tertiary/aromatic N) is 3. The van der Waals surface area contributed by atoms with E-state index in [2.05, 4.69) is 15.1 Å². The van der Waals surface area contributed by atoms with Gasteiger partial charge < -0.3 is 9.52 Å². The number of hydrogen-bond donors (Lipinski definition) is 1. The van der Waals surface area contributed by atoms with E-state index in [1.807, 2.05) is 24.4 Å². The Morgan fingerprint density at radius 3 is 3.05 bits per heavy atom. The molecule has 2 atom stereocenters. The summed E-state index contributed by atoms with van der Waals surface area (Å²) in [7, 11) is 0. The number of thiophene rings is 1. The highest BCUT2D eigenvalue weighted by molar-refractivity contribution is 7.13. The molecule has 106 valence electrons. The van der Waals surface area contributed by atoms with Gasteiger partial charge >= 0.3 is 5.97 Å². The van der Waals surface area contributed by atoms with Crippen molar-refractivity contribution in [3.05, 3.63) is 23.4 Å². The van der Waals surface area contributed by atoms with Crippen molar-refractivity contribution in [2.75, 3.05) is 13.1 Å². The molecular weight excluding hydrogens is 278 g/mol. The normalized spacial score (nSPS) is 23.2. The smallest absolute Gasteiger partial charge is 0.308 e. The second-order valence-corrected chi connectivity index (χ2v) is 6.04. The van der Waals surface area contributed by atoms with Gasteiger partial charge in [-0.25, -0.2) is 0 Å². The maximum atomic E-state index is 11.1. The van der Waals surface area contributed by atoms with Crippen molar-refractivity contribution in [2.24, 2.45) is 11.8 Å². The largest absolute Gasteiger partial charge is 0.481 e. The van der Waals surface area contributed by atoms with Gasteiger partial charge in [-0.2, -0.15) is 0 Å². The molecule has 1 N–H and O–H groups in total. The summed E-state index contributed by atoms with van der Waals surface area (Å²) in [6.07, 6.45) is 0. The first-order chi connectivity index (χ1) is 9.63. The number of aromatic nitrogens is 2. The summed E-state index contributed by atoms with van der Waals surface area (Å²) >= 11 is 1.55. The number of carboxylic acid groups (broad SMARTS) is 1. The average molecular weight is 293 g/mol. The predicted octanol–water partition coefficient (Wildman–Crippen LogP) is 1.95. The van der Waals surface area contributed by atoms with E-state index in [1.54, 1.807) is 11.3 Å². The second kappa shape index (κ2) is 5.34. The average Bonchev–Trinajstić information content (AvgIpc) is 3.09. The van der Waals surface area contributed by atoms with E-state index >= 15 is 0 Å². The Morgan fingerprint density at radius 1 is 1.55 bits per heavy atom. The zero-order chi connectivity index (χ0) is 14.1. The minimum atomic E-state index is -0.732. The molecular formula is C13H15N3O3S. The zero-order valence-electron chi connectivity index (χ0n) is 11.0. The van der Waals surface area contributed by atoms with Crippen molar-refractivity contribution in [1.29, 1.82) is 0 Å². The Hall–Kier alpha value is -1.73. The van der Waals surface area contributed by atoms with Crippen LogP contribution in [-0.4, -0.2) is 39.3 Å². The van der Waals surface area contributed by atoms with Crippen LogP contribution in [0.25, 0.3) is 10.8 Å². The van der Waals surface area contributed by atoms with Gasteiger partial charge in [0, 0.05) is 13.1 Å². The molecule has 20 heavy (non-hydrogen) atoms. The predicted molar refractivity (Wildman–Crippen MR) is 73.2 cm³/mol. The molecule has 1 fully saturated rings. The van der Waals surface area contributed by atoms with Crippen molar-refractivity contribution in [3.8, 4) is 10.8 Å². The highest BCUT2D eigenvalue weighted by Gasteiger charge is 2.35. The van der Waals surface area contributed by atoms with Crippen molar-refractivity contribution in [2.45, 2.75) is 13.5 Å². The highest BCUT2D eigenvalue weighted by atomic mass is 32.1. The van der Waals surface area contributed by atoms with Gasteiger partial charge in [0.2, 0.25) is 5.89 Å². The number of carboxylic acids is 1. The fraction of sp³-hybridized carbons (Fsp3) is 0.462. The lowest BCUT2D eigenvalue weighted by molar-refractivity contribution is -0.142. The summed E-state index contributed by atoms with van der Waals surface area (Å²) in [4.78, 5) is 14.1. The standard InChI is InChI=1S/C13H15N3O3S/c1-8-5-16(6-9(8)13(17)18)7-11-14-15-12(19-11)10-3-2-4-20-10/h2-4,8-9H,5-7H2,1H3,(H,17,18). The maximum absolute atomic E-state index is 11.1. The topological polar surface area (TPSA) is 79.5 Å². The Bertz CT molecular complexity index is 596. The number of hydrogen-bond acceptors (Lipinski definition) is 6. The number of rotatable bonds is 4. The molecule has 0 aromatic carbocycles. The monoisotopic (exact) mass is 293 g/mol. The van der Waals surface area contributed by atoms with Gasteiger partial charge in [-0.1, -0.05) is 13.0 Å². The molecule has 6 nitrogen and oxygen atoms in total. The summed E-state index contributed by atoms with van der Waals surface area (Å²) in [5.74, 6) is 0.162. The molecule has 0 radical (unpaired) electrons. The number of likely N-dealkylation sites (tertiary alicyclic amines) is 1. The molecule has 2 unspecified atom stereocenters. The fourth-order valence-corrected chi connectivity index (χ4v) is 3.17. The minimum absolute atomic E-state index is 0.146. The third kappa shape index (κ3) is 2.59. The van der Waals surface area contributed by atoms with Gasteiger partial charge in [0.25, 0.3) is 5.89 Å². The lowest BCUT2D eigenvalue weighted by Gasteiger charge is -2.11. The van der Waals surface area contributed by atoms with Gasteiger partial charge in [-0.05, 0) is 17.4 Å². The lowest BCUT2D eigenvalue weighted by atomic mass is 9.99. The Morgan fingerprint density at radius 2 is 2.40 bits per heavy atom. The first-order valence-electron chi connectivity index (χ1n) is 6.45. The molecule has 1 aliphatic heterocycles. The van der Waals surface area contributed by atoms with E-state index in [4.69, 9.17) is 9.52 Å². The van der Waals surface area contributed by atoms with Gasteiger partial charge in [0.05, 0.1) is 17.3 Å². The number of carbonyl (C=O) groups is 1. The van der Waals surface area contributed by atoms with Gasteiger partial charge in [-0.3, -0.25) is 9.69 Å². The van der Waals surface area contributed by atoms with Crippen LogP contribution in [0.3, 0.4) is 0 Å². The molecule has 0 bridgehead atoms. The molecule has 1 aliphatic rings. The Labute approximate surface area is 120 Å². The summed E-state index contributed by atoms with van der Waals surface area (Å²) < 4.78 is 5.62. The van der Waals surface area contributed by atoms with Crippen LogP contribution in [0.4, 0.5) is 0 Å². The first kappa shape index (κ1) is 13.3. The summed E-state index contributed by atoms with van der Waals surface area (Å²) in [5, 5.41) is 19.1. The molecule has 0 amide bonds. The molecule has 3 heterocycles. The van der Waals surface area contributed by atoms with Crippen molar-refractivity contribution in [3.63, 3.8) is 0 Å². The second-order valence-electron chi connectivity index (χ2n) is 5.09. The summed E-state index contributed by atoms with van der Waals surface area (Å²) in [5.41, 5.74) is 0. The van der Waals surface area contributed by atoms with Crippen molar-refractivity contribution in [1.82, 2.24) is 15.1 Å². The molecule has 0 spiro atoms. The molecule has 7 heteroatoms. The molecule has 2 aromatic heterocycles. The molecule has 0 saturated carbocycles. The van der Waals surface area contributed by atoms with Crippen LogP contribution in [0.2, 0.25) is 0 Å². The Balaban J connectivity index is 1.66. The van der Waals surface area contributed by atoms with E-state index in [9.17, 15) is 4.79 Å². The Kier molecular flexibility index (Phi) is 3.54. The summed E-state index contributed by atoms with van der Waals surface area (Å²) in [6.45, 7) is 3.75. The SMILES string of the molecule is CC1CN(Cc2nnc(-c3cccs3)o2)CC1C(=O)O. The quantitative estimate of drug-likeness (QED) is 0.928. The van der Waals surface area contributed by atoms with E-state index < -0.39 is 5.97 Å². The molecule has 3 rings (SSSR count). The van der Waals surface area contributed by atoms with Gasteiger partial charge in [0.15, 0.2) is 0 Å². The van der Waals surface area contributed by atoms with Gasteiger partial charge in [-0.15, -0.1) is 21.5 Å². The zero-order valence-corrected chi connectivity index (χ0v) is 11.8. The molecule has 2 aromatic rings. The maximum Gasteiger partial charge on any atom is 0.308 e. The van der Waals surface area contributed by atoms with Crippen molar-refractivity contribution >= 4 is 17.3 Å². The first-order valence-corrected chi connectivity index (χ1v) is 7.33. The van der Waals surface area contributed by atoms with Crippen LogP contribution in [-0.2, 0) is 11.3 Å². The summed E-state index contributed by atoms with van der Waals surface area (Å²) in [6, 6.07) is 3.86. The molecule has 1 saturated heterocycles. The van der Waals surface area contributed by atoms with Crippen LogP contribution in [0.15, 0.2) is 21.9 Å². The lowest BCUT2D eigenvalue weighted by Crippen LogP contribution is -2.23. The van der Waals surface area contributed by atoms with Gasteiger partial charge in [0.1, 0.15) is 0 Å². The minimum Gasteiger partial charge on any atom is -0.481 e. The van der Waals surface area contributed by atoms with E-state index in [0.717, 1.165) is 11.4 Å². The van der Waals surface area contributed by atoms with Crippen LogP contribution in [0.1, 0.15) is 12.8 Å². The van der Waals surface area contributed by atoms with E-state index in [0.29, 0.717) is 24.9 Å². The van der Waals surface area contributed by atoms with Crippen LogP contribution < -0.4 is 0 Å². The van der Waals surface area contributed by atoms with E-state index in [1.165, 1.54) is 0 Å². The molecule has 0 aliphatic carbocycles. The third-order valence-electron chi connectivity index (χ3n) is 3.56. The van der Waals surface area contributed by atoms with Crippen LogP contribution in [0.5, 0.6) is 0 Å². The van der Waals surface area contributed by atoms with E-state index in [-0.39, 0.29) is 11.8 Å². The van der Waals surface area contributed by atoms with Crippen LogP contribution in [0, 0.1) is 11.8 Å². The highest BCUT2D eigenvalue weighted by Crippen LogP contribution is 2.26. The third-order valence-corrected chi connectivity index (χ3v) is 4.42. The fourth-order valence-electron chi connectivity index (χ4n) is 2.53. The number of aliphatic carboxylic acids is 1. The van der Waals surface area contributed by atoms with Crippen molar-refractivity contribution < 1.29 is 14.3 Å².